The third-order valence-electron chi connectivity index (χ3n) is 3.71. The molecule has 1 aromatic rings. The Balaban J connectivity index is 1.85. The zero-order valence-corrected chi connectivity index (χ0v) is 11.5. The summed E-state index contributed by atoms with van der Waals surface area (Å²) in [6.45, 7) is 1.06. The molecule has 0 heterocycles. The number of hydrogen-bond donors (Lipinski definition) is 2. The average Bonchev–Trinajstić information content (AvgIpc) is 3.28. The first kappa shape index (κ1) is 14.3. The molecule has 4 heteroatoms. The first-order valence-corrected chi connectivity index (χ1v) is 6.78. The molecule has 0 radical (unpaired) electrons. The molecule has 0 saturated heterocycles. The molecule has 0 aliphatic heterocycles. The SMILES string of the molecule is COCCc1ccc(OCC(N)(CO)C2CC2)cc1. The Bertz CT molecular complexity index is 389. The van der Waals surface area contributed by atoms with Crippen LogP contribution in [0.25, 0.3) is 0 Å². The highest BCUT2D eigenvalue weighted by Crippen LogP contribution is 2.38. The number of benzene rings is 1. The molecule has 0 bridgehead atoms. The minimum Gasteiger partial charge on any atom is -0.492 e. The number of methoxy groups -OCH3 is 1. The van der Waals surface area contributed by atoms with Gasteiger partial charge >= 0.3 is 0 Å². The largest absolute Gasteiger partial charge is 0.492 e. The highest BCUT2D eigenvalue weighted by molar-refractivity contribution is 5.27. The van der Waals surface area contributed by atoms with E-state index in [-0.39, 0.29) is 6.61 Å². The fraction of sp³-hybridized carbons (Fsp3) is 0.600. The summed E-state index contributed by atoms with van der Waals surface area (Å²) in [7, 11) is 1.70. The molecule has 3 N–H and O–H groups in total. The van der Waals surface area contributed by atoms with E-state index in [0.717, 1.165) is 31.6 Å². The standard InChI is InChI=1S/C15H23NO3/c1-18-9-8-12-2-6-14(7-3-12)19-11-15(16,10-17)13-4-5-13/h2-3,6-7,13,17H,4-5,8-11,16H2,1H3. The fourth-order valence-corrected chi connectivity index (χ4v) is 2.14. The van der Waals surface area contributed by atoms with Gasteiger partial charge in [0.15, 0.2) is 0 Å². The summed E-state index contributed by atoms with van der Waals surface area (Å²) < 4.78 is 10.7. The number of ether oxygens (including phenoxy) is 2. The van der Waals surface area contributed by atoms with Crippen molar-refractivity contribution in [2.24, 2.45) is 11.7 Å². The Labute approximate surface area is 114 Å². The molecule has 1 aliphatic rings. The van der Waals surface area contributed by atoms with Crippen LogP contribution in [0.15, 0.2) is 24.3 Å². The summed E-state index contributed by atoms with van der Waals surface area (Å²) in [5, 5.41) is 9.40. The average molecular weight is 265 g/mol. The summed E-state index contributed by atoms with van der Waals surface area (Å²) in [5.41, 5.74) is 6.79. The number of nitrogens with two attached hydrogens (primary N) is 1. The lowest BCUT2D eigenvalue weighted by atomic mass is 9.97. The van der Waals surface area contributed by atoms with Gasteiger partial charge in [0, 0.05) is 7.11 Å². The van der Waals surface area contributed by atoms with Gasteiger partial charge in [-0.05, 0) is 42.9 Å². The predicted octanol–water partition coefficient (Wildman–Crippen LogP) is 1.35. The van der Waals surface area contributed by atoms with Crippen LogP contribution in [0.4, 0.5) is 0 Å². The molecule has 1 fully saturated rings. The van der Waals surface area contributed by atoms with Crippen molar-refractivity contribution in [2.45, 2.75) is 24.8 Å². The monoisotopic (exact) mass is 265 g/mol. The molecular formula is C15H23NO3. The third-order valence-corrected chi connectivity index (χ3v) is 3.71. The zero-order chi connectivity index (χ0) is 13.7. The normalized spacial score (nSPS) is 18.1. The molecule has 106 valence electrons. The van der Waals surface area contributed by atoms with Crippen molar-refractivity contribution in [2.75, 3.05) is 26.9 Å². The van der Waals surface area contributed by atoms with E-state index in [4.69, 9.17) is 15.2 Å². The van der Waals surface area contributed by atoms with E-state index >= 15 is 0 Å². The van der Waals surface area contributed by atoms with E-state index in [1.807, 2.05) is 24.3 Å². The van der Waals surface area contributed by atoms with Crippen LogP contribution in [-0.4, -0.2) is 37.6 Å². The van der Waals surface area contributed by atoms with Crippen molar-refractivity contribution < 1.29 is 14.6 Å². The number of hydrogen-bond acceptors (Lipinski definition) is 4. The fourth-order valence-electron chi connectivity index (χ4n) is 2.14. The zero-order valence-electron chi connectivity index (χ0n) is 11.5. The molecule has 1 saturated carbocycles. The van der Waals surface area contributed by atoms with Gasteiger partial charge in [-0.3, -0.25) is 0 Å². The van der Waals surface area contributed by atoms with Crippen molar-refractivity contribution in [1.29, 1.82) is 0 Å². The predicted molar refractivity (Wildman–Crippen MR) is 74.2 cm³/mol. The molecule has 1 unspecified atom stereocenters. The van der Waals surface area contributed by atoms with Gasteiger partial charge in [0.05, 0.1) is 18.8 Å². The summed E-state index contributed by atoms with van der Waals surface area (Å²) in [6.07, 6.45) is 3.09. The minimum atomic E-state index is -0.589. The van der Waals surface area contributed by atoms with Gasteiger partial charge in [-0.25, -0.2) is 0 Å². The maximum absolute atomic E-state index is 9.40. The minimum absolute atomic E-state index is 0.0242. The van der Waals surface area contributed by atoms with Crippen LogP contribution in [0.1, 0.15) is 18.4 Å². The van der Waals surface area contributed by atoms with E-state index in [0.29, 0.717) is 12.5 Å². The Morgan fingerprint density at radius 2 is 2.00 bits per heavy atom. The Kier molecular flexibility index (Phi) is 4.80. The topological polar surface area (TPSA) is 64.7 Å². The van der Waals surface area contributed by atoms with Gasteiger partial charge in [-0.1, -0.05) is 12.1 Å². The van der Waals surface area contributed by atoms with Crippen molar-refractivity contribution >= 4 is 0 Å². The van der Waals surface area contributed by atoms with Gasteiger partial charge in [-0.2, -0.15) is 0 Å². The molecule has 4 nitrogen and oxygen atoms in total. The molecule has 0 amide bonds. The molecule has 1 atom stereocenters. The van der Waals surface area contributed by atoms with Crippen LogP contribution in [-0.2, 0) is 11.2 Å². The maximum atomic E-state index is 9.40. The molecule has 19 heavy (non-hydrogen) atoms. The van der Waals surface area contributed by atoms with Crippen LogP contribution in [0, 0.1) is 5.92 Å². The van der Waals surface area contributed by atoms with E-state index in [1.165, 1.54) is 5.56 Å². The number of aliphatic hydroxyl groups excluding tert-OH is 1. The third kappa shape index (κ3) is 3.93. The van der Waals surface area contributed by atoms with Gasteiger partial charge in [0.2, 0.25) is 0 Å². The molecule has 0 aromatic heterocycles. The van der Waals surface area contributed by atoms with Crippen molar-refractivity contribution in [1.82, 2.24) is 0 Å². The van der Waals surface area contributed by atoms with Gasteiger partial charge in [0.1, 0.15) is 12.4 Å². The summed E-state index contributed by atoms with van der Waals surface area (Å²) >= 11 is 0. The van der Waals surface area contributed by atoms with Crippen molar-refractivity contribution in [3.05, 3.63) is 29.8 Å². The number of aliphatic hydroxyl groups is 1. The van der Waals surface area contributed by atoms with E-state index in [9.17, 15) is 5.11 Å². The molecule has 2 rings (SSSR count). The molecule has 1 aromatic carbocycles. The van der Waals surface area contributed by atoms with Crippen LogP contribution in [0.3, 0.4) is 0 Å². The molecular weight excluding hydrogens is 242 g/mol. The van der Waals surface area contributed by atoms with Crippen molar-refractivity contribution in [3.63, 3.8) is 0 Å². The van der Waals surface area contributed by atoms with E-state index in [2.05, 4.69) is 0 Å². The molecule has 0 spiro atoms. The second-order valence-corrected chi connectivity index (χ2v) is 5.34. The summed E-state index contributed by atoms with van der Waals surface area (Å²) in [6, 6.07) is 7.94. The summed E-state index contributed by atoms with van der Waals surface area (Å²) in [5.74, 6) is 1.20. The van der Waals surface area contributed by atoms with Crippen LogP contribution < -0.4 is 10.5 Å². The lowest BCUT2D eigenvalue weighted by Gasteiger charge is -2.27. The lowest BCUT2D eigenvalue weighted by molar-refractivity contribution is 0.117. The van der Waals surface area contributed by atoms with Gasteiger partial charge in [0.25, 0.3) is 0 Å². The quantitative estimate of drug-likeness (QED) is 0.745. The maximum Gasteiger partial charge on any atom is 0.119 e. The van der Waals surface area contributed by atoms with Gasteiger partial charge < -0.3 is 20.3 Å². The van der Waals surface area contributed by atoms with Crippen LogP contribution >= 0.6 is 0 Å². The van der Waals surface area contributed by atoms with Crippen molar-refractivity contribution in [3.8, 4) is 5.75 Å². The Morgan fingerprint density at radius 3 is 2.53 bits per heavy atom. The first-order chi connectivity index (χ1) is 9.18. The van der Waals surface area contributed by atoms with Crippen LogP contribution in [0.5, 0.6) is 5.75 Å². The lowest BCUT2D eigenvalue weighted by Crippen LogP contribution is -2.51. The van der Waals surface area contributed by atoms with Crippen LogP contribution in [0.2, 0.25) is 0 Å². The first-order valence-electron chi connectivity index (χ1n) is 6.78. The highest BCUT2D eigenvalue weighted by Gasteiger charge is 2.42. The second-order valence-electron chi connectivity index (χ2n) is 5.34. The Hall–Kier alpha value is -1.10. The number of rotatable bonds is 8. The Morgan fingerprint density at radius 1 is 1.32 bits per heavy atom. The second kappa shape index (κ2) is 6.37. The highest BCUT2D eigenvalue weighted by atomic mass is 16.5. The molecule has 1 aliphatic carbocycles. The summed E-state index contributed by atoms with van der Waals surface area (Å²) in [4.78, 5) is 0. The smallest absolute Gasteiger partial charge is 0.119 e. The van der Waals surface area contributed by atoms with E-state index in [1.54, 1.807) is 7.11 Å². The van der Waals surface area contributed by atoms with Gasteiger partial charge in [-0.15, -0.1) is 0 Å². The van der Waals surface area contributed by atoms with E-state index < -0.39 is 5.54 Å².